The number of aromatic amines is 1. The molecule has 6 nitrogen and oxygen atoms in total. The van der Waals surface area contributed by atoms with Crippen molar-refractivity contribution in [2.24, 2.45) is 11.8 Å². The van der Waals surface area contributed by atoms with Crippen LogP contribution in [0.1, 0.15) is 31.4 Å². The third-order valence-electron chi connectivity index (χ3n) is 4.94. The van der Waals surface area contributed by atoms with Crippen molar-refractivity contribution in [3.8, 4) is 11.3 Å². The first kappa shape index (κ1) is 18.2. The summed E-state index contributed by atoms with van der Waals surface area (Å²) in [5.41, 5.74) is 3.19. The van der Waals surface area contributed by atoms with Crippen molar-refractivity contribution in [1.29, 1.82) is 0 Å². The monoisotopic (exact) mass is 355 g/mol. The fourth-order valence-corrected chi connectivity index (χ4v) is 3.22. The van der Waals surface area contributed by atoms with Gasteiger partial charge in [-0.05, 0) is 31.7 Å². The molecule has 0 saturated heterocycles. The molecule has 1 aromatic heterocycles. The van der Waals surface area contributed by atoms with Gasteiger partial charge in [0.1, 0.15) is 0 Å². The molecule has 1 amide bonds. The smallest absolute Gasteiger partial charge is 0.307 e. The van der Waals surface area contributed by atoms with Gasteiger partial charge in [-0.15, -0.1) is 0 Å². The molecular weight excluding hydrogens is 330 g/mol. The average molecular weight is 355 g/mol. The number of rotatable bonds is 9. The highest BCUT2D eigenvalue weighted by atomic mass is 16.4. The van der Waals surface area contributed by atoms with Gasteiger partial charge in [-0.3, -0.25) is 14.7 Å². The first-order valence-electron chi connectivity index (χ1n) is 9.13. The topological polar surface area (TPSA) is 86.3 Å². The van der Waals surface area contributed by atoms with Crippen LogP contribution in [0.4, 0.5) is 0 Å². The van der Waals surface area contributed by atoms with Crippen LogP contribution in [0.15, 0.2) is 36.4 Å². The summed E-state index contributed by atoms with van der Waals surface area (Å²) in [5.74, 6) is -1.66. The predicted octanol–water partition coefficient (Wildman–Crippen LogP) is 2.97. The summed E-state index contributed by atoms with van der Waals surface area (Å²) in [4.78, 5) is 24.6. The number of carbonyl (C=O) groups excluding carboxylic acids is 1. The van der Waals surface area contributed by atoms with E-state index < -0.39 is 11.9 Å². The molecule has 0 spiro atoms. The molecule has 1 aliphatic carbocycles. The van der Waals surface area contributed by atoms with E-state index in [-0.39, 0.29) is 11.8 Å². The largest absolute Gasteiger partial charge is 0.481 e. The number of nitrogens with one attached hydrogen (secondary N) is 1. The first-order chi connectivity index (χ1) is 12.6. The summed E-state index contributed by atoms with van der Waals surface area (Å²) in [5, 5.41) is 16.4. The standard InChI is InChI=1S/C20H25N3O3/c1-23(19(24)16-13-17(16)20(25)26)11-7-3-6-10-15-12-18(22-21-15)14-8-4-2-5-9-14/h2,4-5,8-9,12,16-17H,3,6-7,10-11,13H2,1H3,(H,21,22)(H,25,26). The molecule has 6 heteroatoms. The zero-order valence-electron chi connectivity index (χ0n) is 15.0. The number of benzene rings is 1. The molecule has 1 fully saturated rings. The number of H-pyrrole nitrogens is 1. The summed E-state index contributed by atoms with van der Waals surface area (Å²) >= 11 is 0. The number of hydrogen-bond acceptors (Lipinski definition) is 3. The van der Waals surface area contributed by atoms with Crippen molar-refractivity contribution < 1.29 is 14.7 Å². The highest BCUT2D eigenvalue weighted by Crippen LogP contribution is 2.39. The van der Waals surface area contributed by atoms with Gasteiger partial charge in [0.05, 0.1) is 17.5 Å². The molecule has 26 heavy (non-hydrogen) atoms. The minimum Gasteiger partial charge on any atom is -0.481 e. The Hall–Kier alpha value is -2.63. The third kappa shape index (κ3) is 4.50. The van der Waals surface area contributed by atoms with E-state index in [1.807, 2.05) is 30.3 Å². The summed E-state index contributed by atoms with van der Waals surface area (Å²) in [7, 11) is 1.76. The lowest BCUT2D eigenvalue weighted by Gasteiger charge is -2.16. The lowest BCUT2D eigenvalue weighted by Crippen LogP contribution is -2.30. The molecule has 0 bridgehead atoms. The molecule has 3 rings (SSSR count). The van der Waals surface area contributed by atoms with Gasteiger partial charge < -0.3 is 10.0 Å². The van der Waals surface area contributed by atoms with Crippen molar-refractivity contribution in [1.82, 2.24) is 15.1 Å². The molecule has 0 radical (unpaired) electrons. The average Bonchev–Trinajstić information content (AvgIpc) is 3.32. The fraction of sp³-hybridized carbons (Fsp3) is 0.450. The van der Waals surface area contributed by atoms with Crippen LogP contribution in [0.2, 0.25) is 0 Å². The fourth-order valence-electron chi connectivity index (χ4n) is 3.22. The Morgan fingerprint density at radius 2 is 1.96 bits per heavy atom. The highest BCUT2D eigenvalue weighted by molar-refractivity contribution is 5.89. The zero-order chi connectivity index (χ0) is 18.5. The Morgan fingerprint density at radius 3 is 2.65 bits per heavy atom. The van der Waals surface area contributed by atoms with E-state index in [0.717, 1.165) is 42.6 Å². The number of unbranched alkanes of at least 4 members (excludes halogenated alkanes) is 2. The van der Waals surface area contributed by atoms with Crippen LogP contribution in [0.3, 0.4) is 0 Å². The molecule has 2 unspecified atom stereocenters. The lowest BCUT2D eigenvalue weighted by atomic mass is 10.1. The molecule has 1 aromatic carbocycles. The van der Waals surface area contributed by atoms with Gasteiger partial charge in [0, 0.05) is 24.8 Å². The Labute approximate surface area is 153 Å². The zero-order valence-corrected chi connectivity index (χ0v) is 15.0. The van der Waals surface area contributed by atoms with E-state index >= 15 is 0 Å². The van der Waals surface area contributed by atoms with Crippen molar-refractivity contribution in [2.45, 2.75) is 32.1 Å². The number of carbonyl (C=O) groups is 2. The lowest BCUT2D eigenvalue weighted by molar-refractivity contribution is -0.141. The maximum atomic E-state index is 12.1. The normalized spacial score (nSPS) is 18.5. The Bertz CT molecular complexity index is 757. The minimum atomic E-state index is -0.855. The van der Waals surface area contributed by atoms with Gasteiger partial charge in [0.25, 0.3) is 0 Å². The molecule has 0 aliphatic heterocycles. The Balaban J connectivity index is 1.34. The van der Waals surface area contributed by atoms with E-state index in [4.69, 9.17) is 5.11 Å². The molecular formula is C20H25N3O3. The van der Waals surface area contributed by atoms with Gasteiger partial charge in [0.15, 0.2) is 0 Å². The molecule has 2 aromatic rings. The number of aromatic nitrogens is 2. The molecule has 1 heterocycles. The molecule has 2 N–H and O–H groups in total. The van der Waals surface area contributed by atoms with E-state index in [2.05, 4.69) is 16.3 Å². The summed E-state index contributed by atoms with van der Waals surface area (Å²) in [6.07, 6.45) is 4.39. The summed E-state index contributed by atoms with van der Waals surface area (Å²) in [6, 6.07) is 12.2. The number of aryl methyl sites for hydroxylation is 1. The van der Waals surface area contributed by atoms with Gasteiger partial charge in [0.2, 0.25) is 5.91 Å². The number of amides is 1. The summed E-state index contributed by atoms with van der Waals surface area (Å²) in [6.45, 7) is 0.680. The van der Waals surface area contributed by atoms with Crippen molar-refractivity contribution in [3.63, 3.8) is 0 Å². The number of carboxylic acid groups (broad SMARTS) is 1. The second kappa shape index (κ2) is 8.17. The number of carboxylic acids is 1. The first-order valence-corrected chi connectivity index (χ1v) is 9.13. The third-order valence-corrected chi connectivity index (χ3v) is 4.94. The molecule has 138 valence electrons. The van der Waals surface area contributed by atoms with Gasteiger partial charge in [-0.2, -0.15) is 5.10 Å². The molecule has 2 atom stereocenters. The van der Waals surface area contributed by atoms with Gasteiger partial charge >= 0.3 is 5.97 Å². The van der Waals surface area contributed by atoms with Crippen molar-refractivity contribution >= 4 is 11.9 Å². The van der Waals surface area contributed by atoms with Gasteiger partial charge in [-0.1, -0.05) is 36.8 Å². The Morgan fingerprint density at radius 1 is 1.19 bits per heavy atom. The molecule has 1 saturated carbocycles. The number of hydrogen-bond donors (Lipinski definition) is 2. The van der Waals surface area contributed by atoms with Crippen molar-refractivity contribution in [3.05, 3.63) is 42.1 Å². The predicted molar refractivity (Wildman–Crippen MR) is 98.4 cm³/mol. The van der Waals surface area contributed by atoms with Crippen LogP contribution >= 0.6 is 0 Å². The van der Waals surface area contributed by atoms with Crippen LogP contribution in [-0.4, -0.2) is 45.7 Å². The maximum Gasteiger partial charge on any atom is 0.307 e. The minimum absolute atomic E-state index is 0.0292. The second-order valence-corrected chi connectivity index (χ2v) is 7.00. The van der Waals surface area contributed by atoms with Crippen molar-refractivity contribution in [2.75, 3.05) is 13.6 Å². The van der Waals surface area contributed by atoms with Crippen LogP contribution < -0.4 is 0 Å². The van der Waals surface area contributed by atoms with E-state index in [1.54, 1.807) is 11.9 Å². The van der Waals surface area contributed by atoms with Crippen LogP contribution in [0.5, 0.6) is 0 Å². The van der Waals surface area contributed by atoms with E-state index in [1.165, 1.54) is 0 Å². The van der Waals surface area contributed by atoms with Crippen LogP contribution in [0.25, 0.3) is 11.3 Å². The Kier molecular flexibility index (Phi) is 5.71. The number of nitrogens with zero attached hydrogens (tertiary/aromatic N) is 2. The summed E-state index contributed by atoms with van der Waals surface area (Å²) < 4.78 is 0. The number of aliphatic carboxylic acids is 1. The quantitative estimate of drug-likeness (QED) is 0.677. The van der Waals surface area contributed by atoms with Crippen LogP contribution in [-0.2, 0) is 16.0 Å². The van der Waals surface area contributed by atoms with Crippen LogP contribution in [0, 0.1) is 11.8 Å². The SMILES string of the molecule is CN(CCCCCc1cc(-c2ccccc2)n[nH]1)C(=O)C1CC1C(=O)O. The molecule has 1 aliphatic rings. The van der Waals surface area contributed by atoms with Gasteiger partial charge in [-0.25, -0.2) is 0 Å². The maximum absolute atomic E-state index is 12.1. The van der Waals surface area contributed by atoms with E-state index in [9.17, 15) is 9.59 Å². The highest BCUT2D eigenvalue weighted by Gasteiger charge is 2.49. The second-order valence-electron chi connectivity index (χ2n) is 7.00. The van der Waals surface area contributed by atoms with E-state index in [0.29, 0.717) is 13.0 Å².